The number of hydrogen-bond acceptors (Lipinski definition) is 2. The molecule has 0 heterocycles. The van der Waals surface area contributed by atoms with Gasteiger partial charge >= 0.3 is 0 Å². The maximum Gasteiger partial charge on any atom is 0.123 e. The average Bonchev–Trinajstić information content (AvgIpc) is 2.19. The fraction of sp³-hybridized carbons (Fsp3) is 0.500. The molecule has 0 saturated heterocycles. The summed E-state index contributed by atoms with van der Waals surface area (Å²) in [5.41, 5.74) is 6.65. The fourth-order valence-corrected chi connectivity index (χ4v) is 1.81. The van der Waals surface area contributed by atoms with E-state index in [-0.39, 0.29) is 11.7 Å². The molecule has 0 spiro atoms. The Hall–Kier alpha value is -0.930. The number of benzene rings is 1. The van der Waals surface area contributed by atoms with Crippen LogP contribution in [0.15, 0.2) is 24.3 Å². The number of methoxy groups -OCH3 is 1. The first-order valence-corrected chi connectivity index (χ1v) is 5.13. The molecule has 0 radical (unpaired) electrons. The van der Waals surface area contributed by atoms with E-state index in [0.29, 0.717) is 19.1 Å². The van der Waals surface area contributed by atoms with Gasteiger partial charge in [-0.2, -0.15) is 0 Å². The third kappa shape index (κ3) is 3.29. The lowest BCUT2D eigenvalue weighted by Crippen LogP contribution is -2.22. The van der Waals surface area contributed by atoms with Crippen LogP contribution in [0.25, 0.3) is 0 Å². The van der Waals surface area contributed by atoms with Crippen LogP contribution in [0.5, 0.6) is 0 Å². The molecule has 15 heavy (non-hydrogen) atoms. The molecule has 3 heteroatoms. The van der Waals surface area contributed by atoms with Crippen molar-refractivity contribution in [3.8, 4) is 0 Å². The number of hydrogen-bond donors (Lipinski definition) is 1. The van der Waals surface area contributed by atoms with Crippen LogP contribution < -0.4 is 5.73 Å². The minimum absolute atomic E-state index is 0.153. The van der Waals surface area contributed by atoms with Crippen molar-refractivity contribution in [2.24, 2.45) is 11.7 Å². The summed E-state index contributed by atoms with van der Waals surface area (Å²) in [7, 11) is 1.66. The zero-order valence-electron chi connectivity index (χ0n) is 9.24. The van der Waals surface area contributed by atoms with Crippen LogP contribution in [0.4, 0.5) is 4.39 Å². The number of rotatable bonds is 5. The van der Waals surface area contributed by atoms with E-state index < -0.39 is 0 Å². The Balaban J connectivity index is 2.82. The van der Waals surface area contributed by atoms with Crippen LogP contribution in [0.1, 0.15) is 18.4 Å². The van der Waals surface area contributed by atoms with Crippen molar-refractivity contribution in [1.29, 1.82) is 0 Å². The van der Waals surface area contributed by atoms with Gasteiger partial charge in [-0.3, -0.25) is 0 Å². The highest BCUT2D eigenvalue weighted by molar-refractivity contribution is 5.21. The molecule has 1 rings (SSSR count). The van der Waals surface area contributed by atoms with Crippen LogP contribution in [-0.4, -0.2) is 20.3 Å². The minimum atomic E-state index is -0.212. The maximum atomic E-state index is 13.0. The Morgan fingerprint density at radius 2 is 2.20 bits per heavy atom. The van der Waals surface area contributed by atoms with E-state index >= 15 is 0 Å². The van der Waals surface area contributed by atoms with Crippen molar-refractivity contribution >= 4 is 0 Å². The summed E-state index contributed by atoms with van der Waals surface area (Å²) in [6.45, 7) is 3.21. The Labute approximate surface area is 90.2 Å². The molecule has 0 aliphatic heterocycles. The molecule has 0 amide bonds. The topological polar surface area (TPSA) is 35.2 Å². The molecule has 0 aliphatic rings. The van der Waals surface area contributed by atoms with Gasteiger partial charge in [-0.15, -0.1) is 0 Å². The first-order valence-electron chi connectivity index (χ1n) is 5.13. The molecule has 2 nitrogen and oxygen atoms in total. The molecule has 84 valence electrons. The fourth-order valence-electron chi connectivity index (χ4n) is 1.81. The highest BCUT2D eigenvalue weighted by atomic mass is 19.1. The van der Waals surface area contributed by atoms with E-state index in [4.69, 9.17) is 10.5 Å². The van der Waals surface area contributed by atoms with Gasteiger partial charge in [0.1, 0.15) is 5.82 Å². The number of halogens is 1. The van der Waals surface area contributed by atoms with Gasteiger partial charge in [0, 0.05) is 19.6 Å². The zero-order chi connectivity index (χ0) is 11.3. The Morgan fingerprint density at radius 3 is 2.73 bits per heavy atom. The summed E-state index contributed by atoms with van der Waals surface area (Å²) < 4.78 is 18.1. The molecule has 1 aromatic rings. The summed E-state index contributed by atoms with van der Waals surface area (Å²) in [4.78, 5) is 0. The second-order valence-electron chi connectivity index (χ2n) is 3.83. The van der Waals surface area contributed by atoms with E-state index in [1.54, 1.807) is 19.2 Å². The van der Waals surface area contributed by atoms with E-state index in [9.17, 15) is 4.39 Å². The molecule has 1 aromatic carbocycles. The Morgan fingerprint density at radius 1 is 1.47 bits per heavy atom. The SMILES string of the molecule is COCC(C)C(CN)c1cccc(F)c1. The van der Waals surface area contributed by atoms with E-state index in [0.717, 1.165) is 5.56 Å². The largest absolute Gasteiger partial charge is 0.384 e. The van der Waals surface area contributed by atoms with Gasteiger partial charge in [0.05, 0.1) is 0 Å². The van der Waals surface area contributed by atoms with E-state index in [1.807, 2.05) is 6.07 Å². The monoisotopic (exact) mass is 211 g/mol. The number of nitrogens with two attached hydrogens (primary N) is 1. The highest BCUT2D eigenvalue weighted by Crippen LogP contribution is 2.24. The Bertz CT molecular complexity index is 303. The van der Waals surface area contributed by atoms with Gasteiger partial charge in [-0.1, -0.05) is 19.1 Å². The average molecular weight is 211 g/mol. The summed E-state index contributed by atoms with van der Waals surface area (Å²) >= 11 is 0. The molecular weight excluding hydrogens is 193 g/mol. The maximum absolute atomic E-state index is 13.0. The predicted octanol–water partition coefficient (Wildman–Crippen LogP) is 2.15. The van der Waals surface area contributed by atoms with Gasteiger partial charge < -0.3 is 10.5 Å². The van der Waals surface area contributed by atoms with Crippen LogP contribution in [0, 0.1) is 11.7 Å². The van der Waals surface area contributed by atoms with Crippen molar-refractivity contribution in [3.63, 3.8) is 0 Å². The van der Waals surface area contributed by atoms with Crippen molar-refractivity contribution < 1.29 is 9.13 Å². The lowest BCUT2D eigenvalue weighted by Gasteiger charge is -2.22. The summed E-state index contributed by atoms with van der Waals surface area (Å²) in [6.07, 6.45) is 0. The molecule has 0 bridgehead atoms. The van der Waals surface area contributed by atoms with Gasteiger partial charge in [-0.05, 0) is 30.2 Å². The van der Waals surface area contributed by atoms with Gasteiger partial charge in [0.2, 0.25) is 0 Å². The van der Waals surface area contributed by atoms with Gasteiger partial charge in [0.25, 0.3) is 0 Å². The quantitative estimate of drug-likeness (QED) is 0.810. The summed E-state index contributed by atoms with van der Waals surface area (Å²) in [5, 5.41) is 0. The zero-order valence-corrected chi connectivity index (χ0v) is 9.24. The molecule has 0 saturated carbocycles. The molecular formula is C12H18FNO. The van der Waals surface area contributed by atoms with Crippen LogP contribution >= 0.6 is 0 Å². The predicted molar refractivity (Wildman–Crippen MR) is 59.2 cm³/mol. The molecule has 2 N–H and O–H groups in total. The third-order valence-corrected chi connectivity index (χ3v) is 2.65. The van der Waals surface area contributed by atoms with Crippen molar-refractivity contribution in [2.45, 2.75) is 12.8 Å². The summed E-state index contributed by atoms with van der Waals surface area (Å²) in [6, 6.07) is 6.61. The smallest absolute Gasteiger partial charge is 0.123 e. The molecule has 0 aromatic heterocycles. The molecule has 2 unspecified atom stereocenters. The molecule has 0 aliphatic carbocycles. The van der Waals surface area contributed by atoms with E-state index in [2.05, 4.69) is 6.92 Å². The second kappa shape index (κ2) is 5.83. The second-order valence-corrected chi connectivity index (χ2v) is 3.83. The first-order chi connectivity index (χ1) is 7.19. The van der Waals surface area contributed by atoms with Crippen LogP contribution in [0.3, 0.4) is 0 Å². The van der Waals surface area contributed by atoms with Gasteiger partial charge in [-0.25, -0.2) is 4.39 Å². The van der Waals surface area contributed by atoms with Crippen LogP contribution in [0.2, 0.25) is 0 Å². The highest BCUT2D eigenvalue weighted by Gasteiger charge is 2.17. The molecule has 0 fully saturated rings. The first kappa shape index (κ1) is 12.1. The van der Waals surface area contributed by atoms with Crippen molar-refractivity contribution in [3.05, 3.63) is 35.6 Å². The van der Waals surface area contributed by atoms with Crippen molar-refractivity contribution in [2.75, 3.05) is 20.3 Å². The number of ether oxygens (including phenoxy) is 1. The van der Waals surface area contributed by atoms with E-state index in [1.165, 1.54) is 6.07 Å². The minimum Gasteiger partial charge on any atom is -0.384 e. The lowest BCUT2D eigenvalue weighted by molar-refractivity contribution is 0.147. The summed E-state index contributed by atoms with van der Waals surface area (Å²) in [5.74, 6) is 0.234. The van der Waals surface area contributed by atoms with Gasteiger partial charge in [0.15, 0.2) is 0 Å². The van der Waals surface area contributed by atoms with Crippen molar-refractivity contribution in [1.82, 2.24) is 0 Å². The Kier molecular flexibility index (Phi) is 4.72. The third-order valence-electron chi connectivity index (χ3n) is 2.65. The normalized spacial score (nSPS) is 14.9. The standard InChI is InChI=1S/C12H18FNO/c1-9(8-15-2)12(7-14)10-4-3-5-11(13)6-10/h3-6,9,12H,7-8,14H2,1-2H3. The molecule has 2 atom stereocenters. The van der Waals surface area contributed by atoms with Crippen LogP contribution in [-0.2, 0) is 4.74 Å². The lowest BCUT2D eigenvalue weighted by atomic mass is 9.88.